The number of hydrogen-bond donors (Lipinski definition) is 2. The Morgan fingerprint density at radius 3 is 2.62 bits per heavy atom. The van der Waals surface area contributed by atoms with Crippen LogP contribution in [0.15, 0.2) is 34.6 Å². The fourth-order valence-electron chi connectivity index (χ4n) is 4.47. The first-order valence-corrected chi connectivity index (χ1v) is 10.1. The van der Waals surface area contributed by atoms with Crippen LogP contribution in [0.25, 0.3) is 5.57 Å². The molecule has 1 amide bonds. The van der Waals surface area contributed by atoms with Gasteiger partial charge in [0.05, 0.1) is 29.1 Å². The van der Waals surface area contributed by atoms with E-state index in [-0.39, 0.29) is 58.8 Å². The van der Waals surface area contributed by atoms with E-state index < -0.39 is 40.9 Å². The summed E-state index contributed by atoms with van der Waals surface area (Å²) in [5, 5.41) is 13.2. The van der Waals surface area contributed by atoms with Crippen LogP contribution in [0, 0.1) is 0 Å². The quantitative estimate of drug-likeness (QED) is 0.502. The summed E-state index contributed by atoms with van der Waals surface area (Å²) >= 11 is 0. The lowest BCUT2D eigenvalue weighted by Crippen LogP contribution is -2.44. The standard InChI is InChI=1S/C22H15F3N2O7/c1-2-21(32)13-6-15-17(28)11(7-27(15)19(30)12(13)8-33-20(21)31)16-10-4-3-9(34-22(23,24)25)5-14(10)26-18(16)29/h3-6,32H,2,7-8H2,1H3,(H,26,29)/b16-11+/t21-/m0/s1. The van der Waals surface area contributed by atoms with Crippen molar-refractivity contribution in [3.8, 4) is 5.75 Å². The monoisotopic (exact) mass is 476 g/mol. The predicted molar refractivity (Wildman–Crippen MR) is 108 cm³/mol. The maximum absolute atomic E-state index is 13.2. The third kappa shape index (κ3) is 3.05. The molecule has 0 saturated carbocycles. The zero-order valence-electron chi connectivity index (χ0n) is 17.4. The number of rotatable bonds is 2. The first kappa shape index (κ1) is 21.9. The van der Waals surface area contributed by atoms with Gasteiger partial charge in [0, 0.05) is 22.8 Å². The van der Waals surface area contributed by atoms with Gasteiger partial charge in [-0.2, -0.15) is 0 Å². The number of pyridine rings is 1. The van der Waals surface area contributed by atoms with Gasteiger partial charge in [-0.3, -0.25) is 14.4 Å². The summed E-state index contributed by atoms with van der Waals surface area (Å²) < 4.78 is 47.5. The van der Waals surface area contributed by atoms with Gasteiger partial charge < -0.3 is 24.5 Å². The molecule has 176 valence electrons. The van der Waals surface area contributed by atoms with Gasteiger partial charge in [0.1, 0.15) is 12.4 Å². The van der Waals surface area contributed by atoms with Gasteiger partial charge in [0.25, 0.3) is 11.5 Å². The summed E-state index contributed by atoms with van der Waals surface area (Å²) in [5.41, 5.74) is -2.80. The third-order valence-electron chi connectivity index (χ3n) is 6.14. The van der Waals surface area contributed by atoms with E-state index in [0.717, 1.165) is 16.7 Å². The first-order valence-electron chi connectivity index (χ1n) is 10.1. The molecule has 5 rings (SSSR count). The van der Waals surface area contributed by atoms with Crippen LogP contribution in [0.3, 0.4) is 0 Å². The van der Waals surface area contributed by atoms with Crippen molar-refractivity contribution >= 4 is 28.9 Å². The van der Waals surface area contributed by atoms with Gasteiger partial charge in [-0.1, -0.05) is 6.92 Å². The van der Waals surface area contributed by atoms with Crippen LogP contribution in [-0.4, -0.2) is 33.7 Å². The highest BCUT2D eigenvalue weighted by Crippen LogP contribution is 2.41. The number of ether oxygens (including phenoxy) is 2. The molecule has 1 atom stereocenters. The van der Waals surface area contributed by atoms with Crippen molar-refractivity contribution in [3.05, 3.63) is 62.6 Å². The molecule has 0 unspecified atom stereocenters. The molecule has 1 aromatic carbocycles. The van der Waals surface area contributed by atoms with Crippen molar-refractivity contribution in [2.75, 3.05) is 5.32 Å². The highest BCUT2D eigenvalue weighted by molar-refractivity contribution is 6.37. The third-order valence-corrected chi connectivity index (χ3v) is 6.14. The normalized spacial score (nSPS) is 23.3. The maximum Gasteiger partial charge on any atom is 0.573 e. The molecule has 9 nitrogen and oxygen atoms in total. The topological polar surface area (TPSA) is 124 Å². The van der Waals surface area contributed by atoms with E-state index >= 15 is 0 Å². The van der Waals surface area contributed by atoms with Gasteiger partial charge in [0.15, 0.2) is 5.60 Å². The number of aliphatic hydroxyl groups is 1. The minimum absolute atomic E-state index is 0.0176. The molecular weight excluding hydrogens is 461 g/mol. The lowest BCUT2D eigenvalue weighted by molar-refractivity contribution is -0.274. The Bertz CT molecular complexity index is 1410. The summed E-state index contributed by atoms with van der Waals surface area (Å²) in [6.07, 6.45) is -5.02. The molecule has 34 heavy (non-hydrogen) atoms. The summed E-state index contributed by atoms with van der Waals surface area (Å²) in [6, 6.07) is 4.46. The van der Waals surface area contributed by atoms with E-state index in [1.54, 1.807) is 0 Å². The second-order valence-electron chi connectivity index (χ2n) is 8.00. The van der Waals surface area contributed by atoms with Gasteiger partial charge in [-0.25, -0.2) is 4.79 Å². The summed E-state index contributed by atoms with van der Waals surface area (Å²) in [5.74, 6) is -2.88. The largest absolute Gasteiger partial charge is 0.573 e. The SMILES string of the molecule is CC[C@@]1(O)C(=O)OCc2c1cc1n(c2=O)C/C(=C2\C(=O)Nc3cc(OC(F)(F)F)ccc32)C1=O. The fourth-order valence-corrected chi connectivity index (χ4v) is 4.47. The molecule has 3 aliphatic heterocycles. The predicted octanol–water partition coefficient (Wildman–Crippen LogP) is 2.00. The number of hydrogen-bond acceptors (Lipinski definition) is 7. The van der Waals surface area contributed by atoms with Crippen molar-refractivity contribution in [2.24, 2.45) is 0 Å². The van der Waals surface area contributed by atoms with Crippen molar-refractivity contribution in [3.63, 3.8) is 0 Å². The van der Waals surface area contributed by atoms with E-state index in [0.29, 0.717) is 0 Å². The van der Waals surface area contributed by atoms with Crippen molar-refractivity contribution < 1.29 is 42.1 Å². The smallest absolute Gasteiger partial charge is 0.458 e. The minimum Gasteiger partial charge on any atom is -0.458 e. The van der Waals surface area contributed by atoms with Crippen LogP contribution in [0.5, 0.6) is 5.75 Å². The molecule has 0 fully saturated rings. The molecule has 2 aromatic rings. The van der Waals surface area contributed by atoms with Gasteiger partial charge in [-0.15, -0.1) is 13.2 Å². The molecule has 4 heterocycles. The number of anilines is 1. The number of cyclic esters (lactones) is 1. The number of halogens is 3. The molecule has 1 aromatic heterocycles. The van der Waals surface area contributed by atoms with Crippen molar-refractivity contribution in [1.29, 1.82) is 0 Å². The molecule has 12 heteroatoms. The zero-order valence-corrected chi connectivity index (χ0v) is 17.4. The number of carbonyl (C=O) groups excluding carboxylic acids is 3. The highest BCUT2D eigenvalue weighted by atomic mass is 19.4. The number of alkyl halides is 3. The summed E-state index contributed by atoms with van der Waals surface area (Å²) in [7, 11) is 0. The molecule has 0 spiro atoms. The summed E-state index contributed by atoms with van der Waals surface area (Å²) in [6.45, 7) is 0.871. The Labute approximate surface area is 188 Å². The number of amides is 1. The Kier molecular flexibility index (Phi) is 4.53. The Morgan fingerprint density at radius 2 is 1.94 bits per heavy atom. The number of aromatic nitrogens is 1. The van der Waals surface area contributed by atoms with Crippen molar-refractivity contribution in [2.45, 2.75) is 38.5 Å². The number of esters is 1. The summed E-state index contributed by atoms with van der Waals surface area (Å²) in [4.78, 5) is 51.2. The number of nitrogens with zero attached hydrogens (tertiary/aromatic N) is 1. The number of fused-ring (bicyclic) bond motifs is 3. The molecular formula is C22H15F3N2O7. The molecule has 3 aliphatic rings. The van der Waals surface area contributed by atoms with Crippen LogP contribution < -0.4 is 15.6 Å². The lowest BCUT2D eigenvalue weighted by atomic mass is 9.86. The van der Waals surface area contributed by atoms with Crippen LogP contribution in [0.2, 0.25) is 0 Å². The van der Waals surface area contributed by atoms with Crippen LogP contribution in [-0.2, 0) is 33.1 Å². The van der Waals surface area contributed by atoms with E-state index in [4.69, 9.17) is 4.74 Å². The van der Waals surface area contributed by atoms with E-state index in [2.05, 4.69) is 10.1 Å². The average molecular weight is 476 g/mol. The second-order valence-corrected chi connectivity index (χ2v) is 8.00. The maximum atomic E-state index is 13.2. The molecule has 0 bridgehead atoms. The van der Waals surface area contributed by atoms with E-state index in [1.165, 1.54) is 19.1 Å². The first-order chi connectivity index (χ1) is 15.9. The van der Waals surface area contributed by atoms with Gasteiger partial charge in [-0.05, 0) is 24.6 Å². The van der Waals surface area contributed by atoms with E-state index in [1.807, 2.05) is 0 Å². The highest BCUT2D eigenvalue weighted by Gasteiger charge is 2.46. The Balaban J connectivity index is 1.62. The fraction of sp³-hybridized carbons (Fsp3) is 0.273. The molecule has 0 saturated heterocycles. The van der Waals surface area contributed by atoms with Crippen LogP contribution >= 0.6 is 0 Å². The number of carbonyl (C=O) groups is 3. The van der Waals surface area contributed by atoms with E-state index in [9.17, 15) is 37.5 Å². The number of Topliss-reactive ketones (excluding diaryl/α,β-unsaturated/α-hetero) is 1. The zero-order chi connectivity index (χ0) is 24.6. The molecule has 0 radical (unpaired) electrons. The number of nitrogens with one attached hydrogen (secondary N) is 1. The molecule has 2 N–H and O–H groups in total. The minimum atomic E-state index is -4.92. The molecule has 0 aliphatic carbocycles. The Morgan fingerprint density at radius 1 is 1.21 bits per heavy atom. The van der Waals surface area contributed by atoms with Crippen molar-refractivity contribution in [1.82, 2.24) is 4.57 Å². The number of benzene rings is 1. The van der Waals surface area contributed by atoms with Gasteiger partial charge >= 0.3 is 12.3 Å². The van der Waals surface area contributed by atoms with Crippen LogP contribution in [0.4, 0.5) is 18.9 Å². The Hall–Kier alpha value is -3.93. The van der Waals surface area contributed by atoms with Gasteiger partial charge in [0.2, 0.25) is 5.78 Å². The number of allylic oxidation sites excluding steroid dienone is 1. The lowest BCUT2D eigenvalue weighted by Gasteiger charge is -2.31. The number of ketones is 1. The van der Waals surface area contributed by atoms with Crippen LogP contribution in [0.1, 0.15) is 40.5 Å². The second kappa shape index (κ2) is 7.03. The average Bonchev–Trinajstić information content (AvgIpc) is 3.25.